The number of methoxy groups -OCH3 is 1. The minimum absolute atomic E-state index is 0.655. The Labute approximate surface area is 147 Å². The maximum Gasteiger partial charge on any atom is 0.119 e. The Balaban J connectivity index is 1.77. The van der Waals surface area contributed by atoms with Crippen LogP contribution in [0.25, 0.3) is 0 Å². The highest BCUT2D eigenvalue weighted by Crippen LogP contribution is 2.32. The number of benzene rings is 3. The topological polar surface area (TPSA) is 29.5 Å². The first-order valence-corrected chi connectivity index (χ1v) is 8.64. The molecule has 0 saturated carbocycles. The molecular formula is C21H20O2S. The molecule has 0 bridgehead atoms. The van der Waals surface area contributed by atoms with Gasteiger partial charge in [-0.2, -0.15) is 0 Å². The van der Waals surface area contributed by atoms with Crippen molar-refractivity contribution in [3.8, 4) is 5.75 Å². The van der Waals surface area contributed by atoms with Gasteiger partial charge in [-0.25, -0.2) is 0 Å². The minimum atomic E-state index is -0.655. The first-order chi connectivity index (χ1) is 11.7. The van der Waals surface area contributed by atoms with Crippen LogP contribution in [0.15, 0.2) is 82.6 Å². The smallest absolute Gasteiger partial charge is 0.119 e. The van der Waals surface area contributed by atoms with Gasteiger partial charge in [0.2, 0.25) is 0 Å². The molecule has 3 heteroatoms. The molecule has 1 atom stereocenters. The molecule has 0 aromatic heterocycles. The molecule has 122 valence electrons. The van der Waals surface area contributed by atoms with Gasteiger partial charge in [-0.1, -0.05) is 54.2 Å². The zero-order valence-corrected chi connectivity index (χ0v) is 14.6. The van der Waals surface area contributed by atoms with E-state index in [-0.39, 0.29) is 0 Å². The molecule has 24 heavy (non-hydrogen) atoms. The van der Waals surface area contributed by atoms with E-state index in [1.807, 2.05) is 42.5 Å². The average Bonchev–Trinajstić information content (AvgIpc) is 2.64. The van der Waals surface area contributed by atoms with Crippen molar-refractivity contribution in [3.63, 3.8) is 0 Å². The van der Waals surface area contributed by atoms with Crippen LogP contribution in [0.5, 0.6) is 5.75 Å². The normalized spacial score (nSPS) is 12.0. The van der Waals surface area contributed by atoms with Gasteiger partial charge in [0.15, 0.2) is 0 Å². The Morgan fingerprint density at radius 1 is 0.875 bits per heavy atom. The van der Waals surface area contributed by atoms with Crippen LogP contribution in [0.3, 0.4) is 0 Å². The summed E-state index contributed by atoms with van der Waals surface area (Å²) in [5.74, 6) is 0.748. The number of ether oxygens (including phenoxy) is 1. The van der Waals surface area contributed by atoms with E-state index >= 15 is 0 Å². The molecule has 0 fully saturated rings. The molecule has 0 amide bonds. The third-order valence-corrected chi connectivity index (χ3v) is 5.11. The summed E-state index contributed by atoms with van der Waals surface area (Å²) >= 11 is 1.73. The third-order valence-electron chi connectivity index (χ3n) is 3.93. The lowest BCUT2D eigenvalue weighted by atomic mass is 10.0. The zero-order valence-electron chi connectivity index (χ0n) is 13.8. The van der Waals surface area contributed by atoms with Gasteiger partial charge >= 0.3 is 0 Å². The van der Waals surface area contributed by atoms with Crippen LogP contribution < -0.4 is 4.74 Å². The van der Waals surface area contributed by atoms with Crippen molar-refractivity contribution in [3.05, 3.63) is 89.5 Å². The van der Waals surface area contributed by atoms with Crippen molar-refractivity contribution in [1.82, 2.24) is 0 Å². The predicted octanol–water partition coefficient (Wildman–Crippen LogP) is 5.24. The van der Waals surface area contributed by atoms with E-state index in [0.29, 0.717) is 0 Å². The molecule has 3 aromatic carbocycles. The second-order valence-electron chi connectivity index (χ2n) is 5.62. The molecule has 0 aliphatic rings. The average molecular weight is 336 g/mol. The fourth-order valence-electron chi connectivity index (χ4n) is 2.52. The van der Waals surface area contributed by atoms with E-state index in [9.17, 15) is 5.11 Å². The van der Waals surface area contributed by atoms with Crippen molar-refractivity contribution < 1.29 is 9.84 Å². The van der Waals surface area contributed by atoms with Crippen LogP contribution in [0, 0.1) is 6.92 Å². The molecule has 2 nitrogen and oxygen atoms in total. The van der Waals surface area contributed by atoms with Crippen molar-refractivity contribution in [1.29, 1.82) is 0 Å². The van der Waals surface area contributed by atoms with Gasteiger partial charge < -0.3 is 9.84 Å². The van der Waals surface area contributed by atoms with Crippen molar-refractivity contribution in [2.75, 3.05) is 7.11 Å². The first-order valence-electron chi connectivity index (χ1n) is 7.83. The van der Waals surface area contributed by atoms with Gasteiger partial charge in [0.05, 0.1) is 7.11 Å². The van der Waals surface area contributed by atoms with E-state index in [1.165, 1.54) is 10.5 Å². The first kappa shape index (κ1) is 16.6. The van der Waals surface area contributed by atoms with E-state index in [0.717, 1.165) is 21.8 Å². The highest BCUT2D eigenvalue weighted by Gasteiger charge is 2.11. The number of hydrogen-bond donors (Lipinski definition) is 1. The fraction of sp³-hybridized carbons (Fsp3) is 0.143. The standard InChI is InChI=1S/C21H20O2S/c1-15-6-3-4-9-20(15)24-19-12-10-16(11-13-19)21(22)17-7-5-8-18(14-17)23-2/h3-14,21-22H,1-2H3. The minimum Gasteiger partial charge on any atom is -0.497 e. The van der Waals surface area contributed by atoms with E-state index in [4.69, 9.17) is 4.74 Å². The monoisotopic (exact) mass is 336 g/mol. The Morgan fingerprint density at radius 2 is 1.62 bits per heavy atom. The summed E-state index contributed by atoms with van der Waals surface area (Å²) in [5.41, 5.74) is 2.97. The van der Waals surface area contributed by atoms with E-state index < -0.39 is 6.10 Å². The van der Waals surface area contributed by atoms with E-state index in [2.05, 4.69) is 37.3 Å². The number of rotatable bonds is 5. The lowest BCUT2D eigenvalue weighted by molar-refractivity contribution is 0.219. The van der Waals surface area contributed by atoms with Gasteiger partial charge in [-0.3, -0.25) is 0 Å². The Kier molecular flexibility index (Phi) is 5.24. The lowest BCUT2D eigenvalue weighted by Crippen LogP contribution is -1.99. The third kappa shape index (κ3) is 3.81. The summed E-state index contributed by atoms with van der Waals surface area (Å²) in [5, 5.41) is 10.6. The fourth-order valence-corrected chi connectivity index (χ4v) is 3.42. The number of aliphatic hydroxyl groups is 1. The quantitative estimate of drug-likeness (QED) is 0.691. The summed E-state index contributed by atoms with van der Waals surface area (Å²) in [4.78, 5) is 2.41. The molecule has 0 spiro atoms. The summed E-state index contributed by atoms with van der Waals surface area (Å²) in [6.45, 7) is 2.11. The van der Waals surface area contributed by atoms with Gasteiger partial charge in [0, 0.05) is 9.79 Å². The molecule has 3 aromatic rings. The molecule has 0 heterocycles. The van der Waals surface area contributed by atoms with Crippen LogP contribution in [0.1, 0.15) is 22.8 Å². The highest BCUT2D eigenvalue weighted by molar-refractivity contribution is 7.99. The molecule has 0 saturated heterocycles. The second-order valence-corrected chi connectivity index (χ2v) is 6.73. The van der Waals surface area contributed by atoms with Crippen LogP contribution in [-0.4, -0.2) is 12.2 Å². The second kappa shape index (κ2) is 7.56. The molecular weight excluding hydrogens is 316 g/mol. The maximum absolute atomic E-state index is 10.6. The van der Waals surface area contributed by atoms with Crippen molar-refractivity contribution in [2.45, 2.75) is 22.8 Å². The van der Waals surface area contributed by atoms with Crippen LogP contribution >= 0.6 is 11.8 Å². The molecule has 0 radical (unpaired) electrons. The van der Waals surface area contributed by atoms with Crippen LogP contribution in [0.4, 0.5) is 0 Å². The SMILES string of the molecule is COc1cccc(C(O)c2ccc(Sc3ccccc3C)cc2)c1. The summed E-state index contributed by atoms with van der Waals surface area (Å²) in [6.07, 6.45) is -0.655. The Morgan fingerprint density at radius 3 is 2.33 bits per heavy atom. The van der Waals surface area contributed by atoms with Gasteiger partial charge in [0.25, 0.3) is 0 Å². The molecule has 0 aliphatic heterocycles. The summed E-state index contributed by atoms with van der Waals surface area (Å²) in [6, 6.07) is 23.9. The Bertz CT molecular complexity index is 812. The van der Waals surface area contributed by atoms with Crippen LogP contribution in [0.2, 0.25) is 0 Å². The van der Waals surface area contributed by atoms with Gasteiger partial charge in [-0.15, -0.1) is 0 Å². The number of aliphatic hydroxyl groups excluding tert-OH is 1. The Hall–Kier alpha value is -2.23. The molecule has 1 N–H and O–H groups in total. The van der Waals surface area contributed by atoms with Crippen molar-refractivity contribution >= 4 is 11.8 Å². The number of aryl methyl sites for hydroxylation is 1. The number of hydrogen-bond acceptors (Lipinski definition) is 3. The largest absolute Gasteiger partial charge is 0.497 e. The molecule has 3 rings (SSSR count). The maximum atomic E-state index is 10.6. The zero-order chi connectivity index (χ0) is 16.9. The van der Waals surface area contributed by atoms with Gasteiger partial charge in [-0.05, 0) is 53.9 Å². The molecule has 1 unspecified atom stereocenters. The lowest BCUT2D eigenvalue weighted by Gasteiger charge is -2.13. The summed E-state index contributed by atoms with van der Waals surface area (Å²) in [7, 11) is 1.63. The van der Waals surface area contributed by atoms with Crippen LogP contribution in [-0.2, 0) is 0 Å². The van der Waals surface area contributed by atoms with Gasteiger partial charge in [0.1, 0.15) is 11.9 Å². The molecule has 0 aliphatic carbocycles. The van der Waals surface area contributed by atoms with Crippen molar-refractivity contribution in [2.24, 2.45) is 0 Å². The summed E-state index contributed by atoms with van der Waals surface area (Å²) < 4.78 is 5.22. The highest BCUT2D eigenvalue weighted by atomic mass is 32.2. The predicted molar refractivity (Wildman–Crippen MR) is 98.8 cm³/mol. The van der Waals surface area contributed by atoms with E-state index in [1.54, 1.807) is 18.9 Å².